The van der Waals surface area contributed by atoms with Crippen LogP contribution in [0.5, 0.6) is 0 Å². The van der Waals surface area contributed by atoms with Crippen molar-refractivity contribution in [2.45, 2.75) is 32.4 Å². The van der Waals surface area contributed by atoms with E-state index < -0.39 is 35.8 Å². The molecule has 0 rings (SSSR count). The van der Waals surface area contributed by atoms with Crippen molar-refractivity contribution in [3.63, 3.8) is 0 Å². The topological polar surface area (TPSA) is 136 Å². The minimum Gasteiger partial charge on any atom is -0.480 e. The van der Waals surface area contributed by atoms with Crippen LogP contribution in [0.25, 0.3) is 0 Å². The van der Waals surface area contributed by atoms with Gasteiger partial charge in [-0.05, 0) is 6.92 Å². The zero-order valence-electron chi connectivity index (χ0n) is 9.51. The molecule has 5 N–H and O–H groups in total. The fraction of sp³-hybridized carbons (Fsp3) is 0.667. The van der Waals surface area contributed by atoms with Crippen LogP contribution in [0, 0.1) is 5.92 Å². The molecule has 8 nitrogen and oxygen atoms in total. The molecule has 8 heteroatoms. The molecule has 0 aromatic carbocycles. The first kappa shape index (κ1) is 15.3. The Morgan fingerprint density at radius 3 is 2.12 bits per heavy atom. The number of hydroxylamine groups is 1. The zero-order valence-corrected chi connectivity index (χ0v) is 9.51. The summed E-state index contributed by atoms with van der Waals surface area (Å²) in [6.45, 7) is 2.62. The highest BCUT2D eigenvalue weighted by Gasteiger charge is 2.27. The average Bonchev–Trinajstić information content (AvgIpc) is 2.23. The molecule has 0 fully saturated rings. The van der Waals surface area contributed by atoms with Gasteiger partial charge in [0.2, 0.25) is 11.8 Å². The summed E-state index contributed by atoms with van der Waals surface area (Å²) in [6.07, 6.45) is -1.54. The summed E-state index contributed by atoms with van der Waals surface area (Å²) in [5.74, 6) is -3.63. The molecule has 0 saturated carbocycles. The zero-order chi connectivity index (χ0) is 13.6. The number of hydrogen-bond acceptors (Lipinski definition) is 5. The first-order chi connectivity index (χ1) is 7.79. The van der Waals surface area contributed by atoms with E-state index in [4.69, 9.17) is 15.4 Å². The van der Waals surface area contributed by atoms with Crippen molar-refractivity contribution >= 4 is 17.8 Å². The minimum atomic E-state index is -1.43. The van der Waals surface area contributed by atoms with Crippen LogP contribution in [0.4, 0.5) is 0 Å². The molecule has 0 bridgehead atoms. The highest BCUT2D eigenvalue weighted by atomic mass is 16.5. The van der Waals surface area contributed by atoms with Crippen LogP contribution in [0.1, 0.15) is 20.3 Å². The third kappa shape index (κ3) is 5.27. The number of amides is 2. The van der Waals surface area contributed by atoms with Crippen LogP contribution in [-0.2, 0) is 14.4 Å². The highest BCUT2D eigenvalue weighted by molar-refractivity contribution is 5.88. The first-order valence-electron chi connectivity index (χ1n) is 4.93. The monoisotopic (exact) mass is 248 g/mol. The van der Waals surface area contributed by atoms with Crippen molar-refractivity contribution in [3.8, 4) is 0 Å². The van der Waals surface area contributed by atoms with E-state index in [0.29, 0.717) is 0 Å². The number of carbonyl (C=O) groups excluding carboxylic acids is 2. The third-order valence-electron chi connectivity index (χ3n) is 2.11. The van der Waals surface area contributed by atoms with E-state index in [1.54, 1.807) is 0 Å². The lowest BCUT2D eigenvalue weighted by Crippen LogP contribution is -2.49. The summed E-state index contributed by atoms with van der Waals surface area (Å²) in [6, 6.07) is -1.43. The average molecular weight is 248 g/mol. The van der Waals surface area contributed by atoms with Crippen LogP contribution in [0.15, 0.2) is 0 Å². The molecule has 3 atom stereocenters. The Morgan fingerprint density at radius 2 is 1.76 bits per heavy atom. The van der Waals surface area contributed by atoms with Gasteiger partial charge in [0.15, 0.2) is 6.04 Å². The normalized spacial score (nSPS) is 15.5. The molecule has 2 amide bonds. The van der Waals surface area contributed by atoms with Gasteiger partial charge in [0.05, 0.1) is 6.10 Å². The number of carboxylic acids is 1. The van der Waals surface area contributed by atoms with Gasteiger partial charge < -0.3 is 15.5 Å². The maximum Gasteiger partial charge on any atom is 0.328 e. The molecule has 0 aromatic rings. The lowest BCUT2D eigenvalue weighted by Gasteiger charge is -2.19. The molecule has 0 saturated heterocycles. The fourth-order valence-electron chi connectivity index (χ4n) is 1.10. The molecule has 17 heavy (non-hydrogen) atoms. The van der Waals surface area contributed by atoms with E-state index in [9.17, 15) is 14.4 Å². The summed E-state index contributed by atoms with van der Waals surface area (Å²) in [5.41, 5.74) is 1.36. The number of aliphatic hydroxyl groups excluding tert-OH is 1. The van der Waals surface area contributed by atoms with Crippen LogP contribution in [0.2, 0.25) is 0 Å². The van der Waals surface area contributed by atoms with E-state index >= 15 is 0 Å². The van der Waals surface area contributed by atoms with Crippen LogP contribution < -0.4 is 10.8 Å². The first-order valence-corrected chi connectivity index (χ1v) is 4.93. The van der Waals surface area contributed by atoms with Gasteiger partial charge in [0.25, 0.3) is 0 Å². The van der Waals surface area contributed by atoms with E-state index in [2.05, 4.69) is 5.32 Å². The van der Waals surface area contributed by atoms with Crippen molar-refractivity contribution in [3.05, 3.63) is 0 Å². The number of aliphatic carboxylic acids is 1. The number of carbonyl (C=O) groups is 3. The Kier molecular flexibility index (Phi) is 6.15. The highest BCUT2D eigenvalue weighted by Crippen LogP contribution is 2.03. The summed E-state index contributed by atoms with van der Waals surface area (Å²) in [5, 5.41) is 28.2. The number of nitrogens with one attached hydrogen (secondary N) is 2. The summed E-state index contributed by atoms with van der Waals surface area (Å²) >= 11 is 0. The SMILES string of the molecule is CC(CC(=O)NO)C(=O)N[C@H](C(=O)O)[C@@H](C)O. The number of aliphatic hydroxyl groups is 1. The van der Waals surface area contributed by atoms with Crippen LogP contribution >= 0.6 is 0 Å². The van der Waals surface area contributed by atoms with Gasteiger partial charge in [-0.25, -0.2) is 10.3 Å². The van der Waals surface area contributed by atoms with Gasteiger partial charge in [-0.2, -0.15) is 0 Å². The van der Waals surface area contributed by atoms with Crippen molar-refractivity contribution in [1.29, 1.82) is 0 Å². The Bertz CT molecular complexity index is 304. The second kappa shape index (κ2) is 6.81. The van der Waals surface area contributed by atoms with Gasteiger partial charge in [-0.3, -0.25) is 14.8 Å². The molecule has 98 valence electrons. The molecule has 0 aromatic heterocycles. The maximum atomic E-state index is 11.5. The molecule has 1 unspecified atom stereocenters. The van der Waals surface area contributed by atoms with Crippen molar-refractivity contribution < 1.29 is 29.8 Å². The summed E-state index contributed by atoms with van der Waals surface area (Å²) < 4.78 is 0. The smallest absolute Gasteiger partial charge is 0.328 e. The van der Waals surface area contributed by atoms with Crippen molar-refractivity contribution in [2.24, 2.45) is 5.92 Å². The Labute approximate surface area is 97.6 Å². The molecular weight excluding hydrogens is 232 g/mol. The second-order valence-electron chi connectivity index (χ2n) is 3.71. The molecule has 0 radical (unpaired) electrons. The predicted octanol–water partition coefficient (Wildman–Crippen LogP) is -1.53. The minimum absolute atomic E-state index is 0.283. The predicted molar refractivity (Wildman–Crippen MR) is 55.0 cm³/mol. The quantitative estimate of drug-likeness (QED) is 0.286. The molecule has 0 heterocycles. The van der Waals surface area contributed by atoms with E-state index in [1.165, 1.54) is 19.3 Å². The van der Waals surface area contributed by atoms with E-state index in [0.717, 1.165) is 0 Å². The lowest BCUT2D eigenvalue weighted by atomic mass is 10.1. The van der Waals surface area contributed by atoms with Gasteiger partial charge in [0.1, 0.15) is 0 Å². The van der Waals surface area contributed by atoms with Gasteiger partial charge in [-0.15, -0.1) is 0 Å². The third-order valence-corrected chi connectivity index (χ3v) is 2.11. The number of rotatable bonds is 6. The van der Waals surface area contributed by atoms with Gasteiger partial charge >= 0.3 is 5.97 Å². The maximum absolute atomic E-state index is 11.5. The van der Waals surface area contributed by atoms with Crippen LogP contribution in [0.3, 0.4) is 0 Å². The van der Waals surface area contributed by atoms with Crippen molar-refractivity contribution in [2.75, 3.05) is 0 Å². The van der Waals surface area contributed by atoms with Crippen LogP contribution in [-0.4, -0.2) is 45.3 Å². The molecule has 0 aliphatic heterocycles. The Hall–Kier alpha value is -1.67. The number of hydrogen-bond donors (Lipinski definition) is 5. The summed E-state index contributed by atoms with van der Waals surface area (Å²) in [7, 11) is 0. The Balaban J connectivity index is 4.41. The largest absolute Gasteiger partial charge is 0.480 e. The molecule has 0 spiro atoms. The summed E-state index contributed by atoms with van der Waals surface area (Å²) in [4.78, 5) is 32.9. The lowest BCUT2D eigenvalue weighted by molar-refractivity contribution is -0.145. The molecular formula is C9H16N2O6. The van der Waals surface area contributed by atoms with E-state index in [-0.39, 0.29) is 6.42 Å². The van der Waals surface area contributed by atoms with Gasteiger partial charge in [-0.1, -0.05) is 6.92 Å². The standard InChI is InChI=1S/C9H16N2O6/c1-4(3-6(13)11-17)8(14)10-7(5(2)12)9(15)16/h4-5,7,12,17H,3H2,1-2H3,(H,10,14)(H,11,13)(H,15,16)/t4?,5-,7+/m1/s1. The fourth-order valence-corrected chi connectivity index (χ4v) is 1.10. The second-order valence-corrected chi connectivity index (χ2v) is 3.71. The van der Waals surface area contributed by atoms with Crippen molar-refractivity contribution in [1.82, 2.24) is 10.8 Å². The Morgan fingerprint density at radius 1 is 1.24 bits per heavy atom. The van der Waals surface area contributed by atoms with Gasteiger partial charge in [0, 0.05) is 12.3 Å². The number of carboxylic acid groups (broad SMARTS) is 1. The van der Waals surface area contributed by atoms with E-state index in [1.807, 2.05) is 0 Å². The molecule has 0 aliphatic carbocycles. The molecule has 0 aliphatic rings.